The summed E-state index contributed by atoms with van der Waals surface area (Å²) < 4.78 is 19.3. The Morgan fingerprint density at radius 2 is 2.08 bits per heavy atom. The van der Waals surface area contributed by atoms with Crippen molar-refractivity contribution in [2.45, 2.75) is 70.9 Å². The Labute approximate surface area is 143 Å². The van der Waals surface area contributed by atoms with E-state index in [1.807, 2.05) is 52.0 Å². The summed E-state index contributed by atoms with van der Waals surface area (Å²) in [7, 11) is 0. The van der Waals surface area contributed by atoms with Crippen LogP contribution in [0.4, 0.5) is 9.18 Å². The molecule has 3 atom stereocenters. The van der Waals surface area contributed by atoms with Crippen molar-refractivity contribution in [1.29, 1.82) is 0 Å². The molecule has 5 heteroatoms. The Bertz CT molecular complexity index is 570. The van der Waals surface area contributed by atoms with Gasteiger partial charge in [0.05, 0.1) is 6.10 Å². The van der Waals surface area contributed by atoms with Gasteiger partial charge in [0.15, 0.2) is 0 Å². The Kier molecular flexibility index (Phi) is 5.86. The molecule has 0 bridgehead atoms. The van der Waals surface area contributed by atoms with Crippen LogP contribution < -0.4 is 0 Å². The maximum atomic E-state index is 13.9. The third kappa shape index (κ3) is 4.94. The minimum Gasteiger partial charge on any atom is -0.444 e. The highest BCUT2D eigenvalue weighted by molar-refractivity contribution is 5.68. The SMILES string of the molecule is Cc1ccccc1[C@H](O)C[C@@H]1C[C@@H](F)CCN1C(=O)OC(C)(C)C. The largest absolute Gasteiger partial charge is 0.444 e. The van der Waals surface area contributed by atoms with E-state index >= 15 is 0 Å². The van der Waals surface area contributed by atoms with E-state index in [2.05, 4.69) is 0 Å². The van der Waals surface area contributed by atoms with E-state index in [1.165, 1.54) is 0 Å². The van der Waals surface area contributed by atoms with E-state index in [4.69, 9.17) is 4.74 Å². The van der Waals surface area contributed by atoms with Crippen LogP contribution in [0.25, 0.3) is 0 Å². The van der Waals surface area contributed by atoms with Crippen molar-refractivity contribution < 1.29 is 19.0 Å². The van der Waals surface area contributed by atoms with Crippen molar-refractivity contribution in [2.24, 2.45) is 0 Å². The van der Waals surface area contributed by atoms with Gasteiger partial charge in [-0.1, -0.05) is 24.3 Å². The van der Waals surface area contributed by atoms with Gasteiger partial charge in [-0.15, -0.1) is 0 Å². The lowest BCUT2D eigenvalue weighted by atomic mass is 9.92. The first-order valence-electron chi connectivity index (χ1n) is 8.54. The fraction of sp³-hybridized carbons (Fsp3) is 0.632. The predicted octanol–water partition coefficient (Wildman–Crippen LogP) is 4.16. The minimum atomic E-state index is -0.947. The van der Waals surface area contributed by atoms with Crippen LogP contribution in [-0.4, -0.2) is 40.5 Å². The number of aryl methyl sites for hydroxylation is 1. The first-order valence-corrected chi connectivity index (χ1v) is 8.54. The smallest absolute Gasteiger partial charge is 0.410 e. The summed E-state index contributed by atoms with van der Waals surface area (Å²) in [6.07, 6.45) is -1.25. The fourth-order valence-electron chi connectivity index (χ4n) is 3.13. The molecule has 0 radical (unpaired) electrons. The second-order valence-electron chi connectivity index (χ2n) is 7.56. The van der Waals surface area contributed by atoms with Crippen molar-refractivity contribution >= 4 is 6.09 Å². The summed E-state index contributed by atoms with van der Waals surface area (Å²) in [6.45, 7) is 7.68. The number of carbonyl (C=O) groups is 1. The van der Waals surface area contributed by atoms with Gasteiger partial charge in [-0.2, -0.15) is 0 Å². The number of halogens is 1. The molecule has 4 nitrogen and oxygen atoms in total. The summed E-state index contributed by atoms with van der Waals surface area (Å²) >= 11 is 0. The van der Waals surface area contributed by atoms with Crippen molar-refractivity contribution in [3.8, 4) is 0 Å². The van der Waals surface area contributed by atoms with Gasteiger partial charge in [-0.3, -0.25) is 0 Å². The fourth-order valence-corrected chi connectivity index (χ4v) is 3.13. The predicted molar refractivity (Wildman–Crippen MR) is 91.6 cm³/mol. The Balaban J connectivity index is 2.11. The highest BCUT2D eigenvalue weighted by atomic mass is 19.1. The molecule has 1 saturated heterocycles. The second-order valence-corrected chi connectivity index (χ2v) is 7.56. The van der Waals surface area contributed by atoms with Gasteiger partial charge in [0.1, 0.15) is 11.8 Å². The van der Waals surface area contributed by atoms with Crippen molar-refractivity contribution in [2.75, 3.05) is 6.54 Å². The molecule has 134 valence electrons. The maximum Gasteiger partial charge on any atom is 0.410 e. The number of rotatable bonds is 3. The topological polar surface area (TPSA) is 49.8 Å². The molecule has 1 amide bonds. The van der Waals surface area contributed by atoms with Gasteiger partial charge in [0.2, 0.25) is 0 Å². The number of carbonyl (C=O) groups excluding carboxylic acids is 1. The van der Waals surface area contributed by atoms with Crippen LogP contribution in [0.3, 0.4) is 0 Å². The number of piperidine rings is 1. The lowest BCUT2D eigenvalue weighted by molar-refractivity contribution is -0.00669. The molecule has 1 N–H and O–H groups in total. The molecule has 0 saturated carbocycles. The zero-order valence-corrected chi connectivity index (χ0v) is 15.0. The molecule has 0 aromatic heterocycles. The van der Waals surface area contributed by atoms with Crippen molar-refractivity contribution in [3.05, 3.63) is 35.4 Å². The molecule has 1 heterocycles. The first kappa shape index (κ1) is 18.7. The zero-order valence-electron chi connectivity index (χ0n) is 15.0. The highest BCUT2D eigenvalue weighted by Crippen LogP contribution is 2.30. The maximum absolute atomic E-state index is 13.9. The van der Waals surface area contributed by atoms with E-state index < -0.39 is 24.0 Å². The molecule has 24 heavy (non-hydrogen) atoms. The molecule has 1 aliphatic heterocycles. The molecule has 1 aliphatic rings. The Hall–Kier alpha value is -1.62. The van der Waals surface area contributed by atoms with Crippen LogP contribution in [0.5, 0.6) is 0 Å². The highest BCUT2D eigenvalue weighted by Gasteiger charge is 2.35. The van der Waals surface area contributed by atoms with Crippen LogP contribution in [0.15, 0.2) is 24.3 Å². The lowest BCUT2D eigenvalue weighted by Gasteiger charge is -2.39. The third-order valence-corrected chi connectivity index (χ3v) is 4.32. The molecular formula is C19H28FNO3. The van der Waals surface area contributed by atoms with E-state index in [1.54, 1.807) is 4.90 Å². The molecule has 0 spiro atoms. The average molecular weight is 337 g/mol. The zero-order chi connectivity index (χ0) is 17.9. The average Bonchev–Trinajstić information content (AvgIpc) is 2.45. The third-order valence-electron chi connectivity index (χ3n) is 4.32. The summed E-state index contributed by atoms with van der Waals surface area (Å²) in [5.74, 6) is 0. The van der Waals surface area contributed by atoms with Crippen LogP contribution >= 0.6 is 0 Å². The van der Waals surface area contributed by atoms with Gasteiger partial charge in [-0.25, -0.2) is 9.18 Å². The number of benzene rings is 1. The first-order chi connectivity index (χ1) is 11.2. The van der Waals surface area contributed by atoms with Crippen molar-refractivity contribution in [1.82, 2.24) is 4.90 Å². The number of hydrogen-bond acceptors (Lipinski definition) is 3. The van der Waals surface area contributed by atoms with Crippen LogP contribution in [0, 0.1) is 6.92 Å². The molecule has 0 aliphatic carbocycles. The number of aliphatic hydroxyl groups excluding tert-OH is 1. The lowest BCUT2D eigenvalue weighted by Crippen LogP contribution is -2.49. The number of aliphatic hydroxyl groups is 1. The van der Waals surface area contributed by atoms with E-state index in [-0.39, 0.29) is 12.5 Å². The molecular weight excluding hydrogens is 309 g/mol. The number of alkyl halides is 1. The Morgan fingerprint density at radius 3 is 2.71 bits per heavy atom. The molecule has 2 rings (SSSR count). The number of nitrogens with zero attached hydrogens (tertiary/aromatic N) is 1. The summed E-state index contributed by atoms with van der Waals surface area (Å²) in [6, 6.07) is 7.22. The van der Waals surface area contributed by atoms with Crippen LogP contribution in [0.1, 0.15) is 57.3 Å². The standard InChI is InChI=1S/C19H28FNO3/c1-13-7-5-6-8-16(13)17(22)12-15-11-14(20)9-10-21(15)18(23)24-19(2,3)4/h5-8,14-15,17,22H,9-12H2,1-4H3/t14-,15-,17+/m0/s1. The van der Waals surface area contributed by atoms with Crippen LogP contribution in [-0.2, 0) is 4.74 Å². The summed E-state index contributed by atoms with van der Waals surface area (Å²) in [5.41, 5.74) is 1.21. The van der Waals surface area contributed by atoms with E-state index in [0.29, 0.717) is 19.4 Å². The van der Waals surface area contributed by atoms with Gasteiger partial charge in [0.25, 0.3) is 0 Å². The number of amides is 1. The van der Waals surface area contributed by atoms with Gasteiger partial charge >= 0.3 is 6.09 Å². The number of hydrogen-bond donors (Lipinski definition) is 1. The number of ether oxygens (including phenoxy) is 1. The minimum absolute atomic E-state index is 0.238. The van der Waals surface area contributed by atoms with E-state index in [0.717, 1.165) is 11.1 Å². The molecule has 1 aromatic rings. The monoisotopic (exact) mass is 337 g/mol. The van der Waals surface area contributed by atoms with Crippen LogP contribution in [0.2, 0.25) is 0 Å². The molecule has 1 fully saturated rings. The van der Waals surface area contributed by atoms with Gasteiger partial charge < -0.3 is 14.7 Å². The Morgan fingerprint density at radius 1 is 1.42 bits per heavy atom. The van der Waals surface area contributed by atoms with Crippen molar-refractivity contribution in [3.63, 3.8) is 0 Å². The summed E-state index contributed by atoms with van der Waals surface area (Å²) in [5, 5.41) is 10.6. The summed E-state index contributed by atoms with van der Waals surface area (Å²) in [4.78, 5) is 14.0. The number of likely N-dealkylation sites (tertiary alicyclic amines) is 1. The molecule has 0 unspecified atom stereocenters. The van der Waals surface area contributed by atoms with Gasteiger partial charge in [0, 0.05) is 12.6 Å². The molecule has 1 aromatic carbocycles. The quantitative estimate of drug-likeness (QED) is 0.901. The van der Waals surface area contributed by atoms with E-state index in [9.17, 15) is 14.3 Å². The second kappa shape index (κ2) is 7.51. The normalized spacial score (nSPS) is 23.0. The van der Waals surface area contributed by atoms with Gasteiger partial charge in [-0.05, 0) is 58.1 Å².